The van der Waals surface area contributed by atoms with Crippen molar-refractivity contribution >= 4 is 10.9 Å². The van der Waals surface area contributed by atoms with Gasteiger partial charge in [0.1, 0.15) is 0 Å². The second-order valence-corrected chi connectivity index (χ2v) is 5.64. The van der Waals surface area contributed by atoms with Crippen molar-refractivity contribution in [3.8, 4) is 5.69 Å². The number of rotatable bonds is 1. The van der Waals surface area contributed by atoms with Crippen LogP contribution in [0.3, 0.4) is 0 Å². The van der Waals surface area contributed by atoms with Gasteiger partial charge in [0.25, 0.3) is 5.56 Å². The molecule has 0 fully saturated rings. The van der Waals surface area contributed by atoms with Gasteiger partial charge in [-0.1, -0.05) is 17.7 Å². The SMILES string of the molecule is Cc1ccc2nc(C(F)(F)F)n(-c3cccc(C(F)(F)F)c3)c(=O)c2c1. The Bertz CT molecular complexity index is 1050. The molecule has 3 rings (SSSR count). The van der Waals surface area contributed by atoms with Gasteiger partial charge in [-0.15, -0.1) is 0 Å². The van der Waals surface area contributed by atoms with Crippen LogP contribution in [0.25, 0.3) is 16.6 Å². The van der Waals surface area contributed by atoms with Crippen LogP contribution in [-0.4, -0.2) is 9.55 Å². The van der Waals surface area contributed by atoms with Gasteiger partial charge in [-0.2, -0.15) is 26.3 Å². The Morgan fingerprint density at radius 2 is 1.62 bits per heavy atom. The van der Waals surface area contributed by atoms with E-state index in [2.05, 4.69) is 4.98 Å². The minimum atomic E-state index is -5.04. The third-order valence-corrected chi connectivity index (χ3v) is 3.71. The highest BCUT2D eigenvalue weighted by Crippen LogP contribution is 2.33. The number of hydrogen-bond donors (Lipinski definition) is 0. The first-order valence-electron chi connectivity index (χ1n) is 7.27. The molecule has 0 atom stereocenters. The molecule has 0 unspecified atom stereocenters. The van der Waals surface area contributed by atoms with Gasteiger partial charge in [-0.25, -0.2) is 4.98 Å². The van der Waals surface area contributed by atoms with Crippen molar-refractivity contribution in [1.82, 2.24) is 9.55 Å². The van der Waals surface area contributed by atoms with Crippen LogP contribution in [-0.2, 0) is 12.4 Å². The van der Waals surface area contributed by atoms with Gasteiger partial charge in [-0.05, 0) is 37.3 Å². The summed E-state index contributed by atoms with van der Waals surface area (Å²) in [7, 11) is 0. The predicted octanol–water partition coefficient (Wildman–Crippen LogP) is 4.73. The van der Waals surface area contributed by atoms with Crippen molar-refractivity contribution in [2.45, 2.75) is 19.3 Å². The summed E-state index contributed by atoms with van der Waals surface area (Å²) in [4.78, 5) is 16.1. The first-order chi connectivity index (χ1) is 12.0. The Labute approximate surface area is 142 Å². The predicted molar refractivity (Wildman–Crippen MR) is 82.1 cm³/mol. The van der Waals surface area contributed by atoms with E-state index in [0.717, 1.165) is 12.1 Å². The number of hydrogen-bond acceptors (Lipinski definition) is 2. The molecule has 3 aromatic rings. The van der Waals surface area contributed by atoms with E-state index in [1.165, 1.54) is 18.2 Å². The topological polar surface area (TPSA) is 34.9 Å². The highest BCUT2D eigenvalue weighted by atomic mass is 19.4. The van der Waals surface area contributed by atoms with Crippen molar-refractivity contribution in [1.29, 1.82) is 0 Å². The van der Waals surface area contributed by atoms with Crippen molar-refractivity contribution in [2.24, 2.45) is 0 Å². The summed E-state index contributed by atoms with van der Waals surface area (Å²) in [5, 5.41) is -0.115. The summed E-state index contributed by atoms with van der Waals surface area (Å²) in [5.41, 5.74) is -2.40. The van der Waals surface area contributed by atoms with Crippen LogP contribution in [0.15, 0.2) is 47.3 Å². The first-order valence-corrected chi connectivity index (χ1v) is 7.27. The first kappa shape index (κ1) is 18.0. The second kappa shape index (κ2) is 5.86. The molecule has 1 heterocycles. The van der Waals surface area contributed by atoms with E-state index in [1.807, 2.05) is 0 Å². The zero-order valence-electron chi connectivity index (χ0n) is 13.1. The van der Waals surface area contributed by atoms with Crippen LogP contribution in [0.4, 0.5) is 26.3 Å². The fraction of sp³-hybridized carbons (Fsp3) is 0.176. The lowest BCUT2D eigenvalue weighted by molar-refractivity contribution is -0.146. The fourth-order valence-electron chi connectivity index (χ4n) is 2.55. The van der Waals surface area contributed by atoms with Gasteiger partial charge in [0.2, 0.25) is 5.82 Å². The molecule has 3 nitrogen and oxygen atoms in total. The molecule has 2 aromatic carbocycles. The number of aryl methyl sites for hydroxylation is 1. The summed E-state index contributed by atoms with van der Waals surface area (Å²) in [6.45, 7) is 1.63. The number of aromatic nitrogens is 2. The molecule has 1 aromatic heterocycles. The van der Waals surface area contributed by atoms with E-state index in [-0.39, 0.29) is 15.5 Å². The van der Waals surface area contributed by atoms with E-state index in [4.69, 9.17) is 0 Å². The molecule has 26 heavy (non-hydrogen) atoms. The van der Waals surface area contributed by atoms with E-state index < -0.39 is 35.0 Å². The number of fused-ring (bicyclic) bond motifs is 1. The van der Waals surface area contributed by atoms with Gasteiger partial charge in [0.15, 0.2) is 0 Å². The normalized spacial score (nSPS) is 12.6. The fourth-order valence-corrected chi connectivity index (χ4v) is 2.55. The summed E-state index contributed by atoms with van der Waals surface area (Å²) >= 11 is 0. The van der Waals surface area contributed by atoms with Crippen molar-refractivity contribution in [3.05, 3.63) is 69.8 Å². The quantitative estimate of drug-likeness (QED) is 0.579. The maximum Gasteiger partial charge on any atom is 0.450 e. The van der Waals surface area contributed by atoms with E-state index in [1.54, 1.807) is 6.92 Å². The van der Waals surface area contributed by atoms with E-state index in [9.17, 15) is 31.1 Å². The van der Waals surface area contributed by atoms with Gasteiger partial charge >= 0.3 is 12.4 Å². The molecule has 0 saturated carbocycles. The lowest BCUT2D eigenvalue weighted by Gasteiger charge is -2.17. The smallest absolute Gasteiger partial charge is 0.268 e. The molecular formula is C17H10F6N2O. The van der Waals surface area contributed by atoms with Crippen LogP contribution < -0.4 is 5.56 Å². The standard InChI is InChI=1S/C17H10F6N2O/c1-9-5-6-13-12(7-9)14(26)25(15(24-13)17(21,22)23)11-4-2-3-10(8-11)16(18,19)20/h2-8H,1H3. The Hall–Kier alpha value is -2.84. The Morgan fingerprint density at radius 1 is 0.923 bits per heavy atom. The van der Waals surface area contributed by atoms with Crippen LogP contribution in [0.2, 0.25) is 0 Å². The molecule has 0 radical (unpaired) electrons. The van der Waals surface area contributed by atoms with Crippen LogP contribution in [0.1, 0.15) is 17.0 Å². The van der Waals surface area contributed by atoms with Crippen LogP contribution in [0.5, 0.6) is 0 Å². The second-order valence-electron chi connectivity index (χ2n) is 5.64. The minimum absolute atomic E-state index is 0.115. The van der Waals surface area contributed by atoms with Gasteiger partial charge in [0.05, 0.1) is 22.2 Å². The third-order valence-electron chi connectivity index (χ3n) is 3.71. The zero-order chi connectivity index (χ0) is 19.3. The zero-order valence-corrected chi connectivity index (χ0v) is 13.1. The molecule has 9 heteroatoms. The van der Waals surface area contributed by atoms with Gasteiger partial charge in [0, 0.05) is 0 Å². The number of alkyl halides is 6. The molecule has 0 aliphatic heterocycles. The van der Waals surface area contributed by atoms with E-state index >= 15 is 0 Å². The lowest BCUT2D eigenvalue weighted by atomic mass is 10.1. The highest BCUT2D eigenvalue weighted by Gasteiger charge is 2.38. The summed E-state index contributed by atoms with van der Waals surface area (Å²) in [6, 6.07) is 7.22. The number of halogens is 6. The van der Waals surface area contributed by atoms with Crippen LogP contribution in [0, 0.1) is 6.92 Å². The summed E-state index contributed by atoms with van der Waals surface area (Å²) in [5.74, 6) is -1.59. The third kappa shape index (κ3) is 3.16. The maximum atomic E-state index is 13.4. The molecule has 0 aliphatic carbocycles. The van der Waals surface area contributed by atoms with Crippen LogP contribution >= 0.6 is 0 Å². The molecule has 0 amide bonds. The number of nitrogens with zero attached hydrogens (tertiary/aromatic N) is 2. The monoisotopic (exact) mass is 372 g/mol. The molecule has 0 aliphatic rings. The van der Waals surface area contributed by atoms with Gasteiger partial charge in [-0.3, -0.25) is 9.36 Å². The minimum Gasteiger partial charge on any atom is -0.268 e. The van der Waals surface area contributed by atoms with E-state index in [0.29, 0.717) is 17.7 Å². The Morgan fingerprint density at radius 3 is 2.23 bits per heavy atom. The average Bonchev–Trinajstić information content (AvgIpc) is 2.53. The molecular weight excluding hydrogens is 362 g/mol. The molecule has 0 bridgehead atoms. The molecule has 0 saturated heterocycles. The Balaban J connectivity index is 2.41. The Kier molecular flexibility index (Phi) is 4.05. The summed E-state index contributed by atoms with van der Waals surface area (Å²) in [6.07, 6.45) is -9.80. The van der Waals surface area contributed by atoms with Gasteiger partial charge < -0.3 is 0 Å². The number of benzene rings is 2. The average molecular weight is 372 g/mol. The van der Waals surface area contributed by atoms with Crippen molar-refractivity contribution in [2.75, 3.05) is 0 Å². The summed E-state index contributed by atoms with van der Waals surface area (Å²) < 4.78 is 79.1. The van der Waals surface area contributed by atoms with Crippen molar-refractivity contribution < 1.29 is 26.3 Å². The highest BCUT2D eigenvalue weighted by molar-refractivity contribution is 5.78. The molecule has 136 valence electrons. The molecule has 0 spiro atoms. The maximum absolute atomic E-state index is 13.4. The van der Waals surface area contributed by atoms with Crippen molar-refractivity contribution in [3.63, 3.8) is 0 Å². The lowest BCUT2D eigenvalue weighted by Crippen LogP contribution is -2.29. The molecule has 0 N–H and O–H groups in total. The largest absolute Gasteiger partial charge is 0.450 e.